The minimum Gasteiger partial charge on any atom is -0.396 e. The van der Waals surface area contributed by atoms with Crippen molar-refractivity contribution in [3.63, 3.8) is 0 Å². The van der Waals surface area contributed by atoms with E-state index in [-0.39, 0.29) is 12.7 Å². The predicted octanol–water partition coefficient (Wildman–Crippen LogP) is 0.0895. The molecular weight excluding hydrogens is 142 g/mol. The van der Waals surface area contributed by atoms with Crippen molar-refractivity contribution >= 4 is 0 Å². The molecule has 3 heteroatoms. The zero-order valence-electron chi connectivity index (χ0n) is 7.12. The van der Waals surface area contributed by atoms with Crippen LogP contribution in [-0.2, 0) is 4.74 Å². The Balaban J connectivity index is 2.21. The summed E-state index contributed by atoms with van der Waals surface area (Å²) in [6.45, 7) is 6.32. The van der Waals surface area contributed by atoms with E-state index in [1.807, 2.05) is 0 Å². The third-order valence-corrected chi connectivity index (χ3v) is 2.12. The molecule has 0 aliphatic carbocycles. The van der Waals surface area contributed by atoms with Gasteiger partial charge in [-0.1, -0.05) is 6.92 Å². The maximum absolute atomic E-state index is 8.68. The van der Waals surface area contributed by atoms with Crippen LogP contribution in [0.1, 0.15) is 13.3 Å². The van der Waals surface area contributed by atoms with Crippen molar-refractivity contribution < 1.29 is 9.84 Å². The second kappa shape index (κ2) is 4.70. The maximum atomic E-state index is 8.68. The quantitative estimate of drug-likeness (QED) is 0.633. The van der Waals surface area contributed by atoms with Gasteiger partial charge in [0.05, 0.1) is 12.7 Å². The molecule has 1 unspecified atom stereocenters. The molecular formula is C8H17NO2. The lowest BCUT2D eigenvalue weighted by Crippen LogP contribution is -2.42. The SMILES string of the molecule is CCN1CCOC(CCO)C1. The average molecular weight is 159 g/mol. The van der Waals surface area contributed by atoms with Crippen molar-refractivity contribution in [3.05, 3.63) is 0 Å². The van der Waals surface area contributed by atoms with Crippen LogP contribution in [0.25, 0.3) is 0 Å². The molecule has 0 aromatic heterocycles. The molecule has 1 aliphatic rings. The summed E-state index contributed by atoms with van der Waals surface area (Å²) in [4.78, 5) is 2.35. The summed E-state index contributed by atoms with van der Waals surface area (Å²) in [5.41, 5.74) is 0. The Bertz CT molecular complexity index is 106. The third-order valence-electron chi connectivity index (χ3n) is 2.12. The van der Waals surface area contributed by atoms with Crippen LogP contribution in [0.5, 0.6) is 0 Å². The van der Waals surface area contributed by atoms with Crippen LogP contribution < -0.4 is 0 Å². The fourth-order valence-electron chi connectivity index (χ4n) is 1.39. The highest BCUT2D eigenvalue weighted by Crippen LogP contribution is 2.07. The van der Waals surface area contributed by atoms with Crippen LogP contribution in [0, 0.1) is 0 Å². The number of likely N-dealkylation sites (N-methyl/N-ethyl adjacent to an activating group) is 1. The average Bonchev–Trinajstić information content (AvgIpc) is 2.06. The van der Waals surface area contributed by atoms with Gasteiger partial charge in [-0.2, -0.15) is 0 Å². The Morgan fingerprint density at radius 1 is 1.64 bits per heavy atom. The van der Waals surface area contributed by atoms with E-state index >= 15 is 0 Å². The van der Waals surface area contributed by atoms with E-state index in [1.54, 1.807) is 0 Å². The number of hydrogen-bond acceptors (Lipinski definition) is 3. The van der Waals surface area contributed by atoms with E-state index in [0.717, 1.165) is 32.7 Å². The molecule has 66 valence electrons. The van der Waals surface area contributed by atoms with E-state index in [4.69, 9.17) is 9.84 Å². The summed E-state index contributed by atoms with van der Waals surface area (Å²) in [6.07, 6.45) is 1.03. The first-order valence-electron chi connectivity index (χ1n) is 4.31. The predicted molar refractivity (Wildman–Crippen MR) is 43.6 cm³/mol. The van der Waals surface area contributed by atoms with Crippen LogP contribution in [0.4, 0.5) is 0 Å². The largest absolute Gasteiger partial charge is 0.396 e. The number of aliphatic hydroxyl groups is 1. The molecule has 11 heavy (non-hydrogen) atoms. The van der Waals surface area contributed by atoms with Gasteiger partial charge in [0, 0.05) is 19.7 Å². The minimum atomic E-state index is 0.238. The first-order valence-corrected chi connectivity index (χ1v) is 4.31. The minimum absolute atomic E-state index is 0.238. The smallest absolute Gasteiger partial charge is 0.0724 e. The zero-order valence-corrected chi connectivity index (χ0v) is 7.12. The molecule has 0 aromatic carbocycles. The summed E-state index contributed by atoms with van der Waals surface area (Å²) in [5, 5.41) is 8.68. The topological polar surface area (TPSA) is 32.7 Å². The second-order valence-electron chi connectivity index (χ2n) is 2.90. The molecule has 0 bridgehead atoms. The standard InChI is InChI=1S/C8H17NO2/c1-2-9-4-6-11-8(7-9)3-5-10/h8,10H,2-7H2,1H3. The molecule has 0 saturated carbocycles. The molecule has 3 nitrogen and oxygen atoms in total. The van der Waals surface area contributed by atoms with E-state index < -0.39 is 0 Å². The van der Waals surface area contributed by atoms with E-state index in [0.29, 0.717) is 0 Å². The van der Waals surface area contributed by atoms with Crippen LogP contribution in [0.3, 0.4) is 0 Å². The van der Waals surface area contributed by atoms with Gasteiger partial charge in [0.1, 0.15) is 0 Å². The van der Waals surface area contributed by atoms with Gasteiger partial charge in [0.15, 0.2) is 0 Å². The Kier molecular flexibility index (Phi) is 3.83. The van der Waals surface area contributed by atoms with Gasteiger partial charge < -0.3 is 9.84 Å². The number of hydrogen-bond donors (Lipinski definition) is 1. The Morgan fingerprint density at radius 2 is 2.45 bits per heavy atom. The molecule has 1 atom stereocenters. The molecule has 0 radical (unpaired) electrons. The summed E-state index contributed by atoms with van der Waals surface area (Å²) < 4.78 is 5.45. The Morgan fingerprint density at radius 3 is 3.09 bits per heavy atom. The molecule has 0 spiro atoms. The van der Waals surface area contributed by atoms with E-state index in [2.05, 4.69) is 11.8 Å². The van der Waals surface area contributed by atoms with Crippen molar-refractivity contribution in [3.8, 4) is 0 Å². The van der Waals surface area contributed by atoms with Crippen LogP contribution in [0.2, 0.25) is 0 Å². The summed E-state index contributed by atoms with van der Waals surface area (Å²) in [6, 6.07) is 0. The van der Waals surface area contributed by atoms with Crippen molar-refractivity contribution in [1.82, 2.24) is 4.90 Å². The van der Waals surface area contributed by atoms with Gasteiger partial charge in [-0.25, -0.2) is 0 Å². The molecule has 1 N–H and O–H groups in total. The molecule has 1 rings (SSSR count). The highest BCUT2D eigenvalue weighted by Gasteiger charge is 2.17. The number of nitrogens with zero attached hydrogens (tertiary/aromatic N) is 1. The molecule has 1 saturated heterocycles. The first-order chi connectivity index (χ1) is 5.36. The third kappa shape index (κ3) is 2.77. The van der Waals surface area contributed by atoms with Crippen molar-refractivity contribution in [1.29, 1.82) is 0 Å². The van der Waals surface area contributed by atoms with Crippen molar-refractivity contribution in [2.75, 3.05) is 32.8 Å². The number of rotatable bonds is 3. The zero-order chi connectivity index (χ0) is 8.10. The van der Waals surface area contributed by atoms with E-state index in [9.17, 15) is 0 Å². The number of aliphatic hydroxyl groups excluding tert-OH is 1. The van der Waals surface area contributed by atoms with Crippen LogP contribution in [-0.4, -0.2) is 49.0 Å². The highest BCUT2D eigenvalue weighted by atomic mass is 16.5. The first kappa shape index (κ1) is 8.97. The molecule has 1 fully saturated rings. The lowest BCUT2D eigenvalue weighted by Gasteiger charge is -2.31. The fourth-order valence-corrected chi connectivity index (χ4v) is 1.39. The van der Waals surface area contributed by atoms with Gasteiger partial charge in [0.2, 0.25) is 0 Å². The van der Waals surface area contributed by atoms with Crippen molar-refractivity contribution in [2.45, 2.75) is 19.4 Å². The van der Waals surface area contributed by atoms with Gasteiger partial charge in [-0.15, -0.1) is 0 Å². The van der Waals surface area contributed by atoms with Gasteiger partial charge in [-0.3, -0.25) is 4.90 Å². The summed E-state index contributed by atoms with van der Waals surface area (Å²) in [5.74, 6) is 0. The summed E-state index contributed by atoms with van der Waals surface area (Å²) in [7, 11) is 0. The maximum Gasteiger partial charge on any atom is 0.0724 e. The fraction of sp³-hybridized carbons (Fsp3) is 1.00. The number of ether oxygens (including phenoxy) is 1. The Labute approximate surface area is 68.0 Å². The van der Waals surface area contributed by atoms with E-state index in [1.165, 1.54) is 0 Å². The molecule has 1 aliphatic heterocycles. The monoisotopic (exact) mass is 159 g/mol. The number of morpholine rings is 1. The van der Waals surface area contributed by atoms with Gasteiger partial charge in [-0.05, 0) is 13.0 Å². The second-order valence-corrected chi connectivity index (χ2v) is 2.90. The van der Waals surface area contributed by atoms with Crippen molar-refractivity contribution in [2.24, 2.45) is 0 Å². The lowest BCUT2D eigenvalue weighted by atomic mass is 10.2. The van der Waals surface area contributed by atoms with Crippen LogP contribution >= 0.6 is 0 Å². The Hall–Kier alpha value is -0.120. The molecule has 0 amide bonds. The molecule has 1 heterocycles. The van der Waals surface area contributed by atoms with Gasteiger partial charge in [0.25, 0.3) is 0 Å². The van der Waals surface area contributed by atoms with Crippen LogP contribution in [0.15, 0.2) is 0 Å². The highest BCUT2D eigenvalue weighted by molar-refractivity contribution is 4.69. The normalized spacial score (nSPS) is 27.3. The molecule has 0 aromatic rings. The van der Waals surface area contributed by atoms with Gasteiger partial charge >= 0.3 is 0 Å². The summed E-state index contributed by atoms with van der Waals surface area (Å²) >= 11 is 0. The lowest BCUT2D eigenvalue weighted by molar-refractivity contribution is -0.0363.